The number of amides is 1. The normalized spacial score (nSPS) is 11.9. The van der Waals surface area contributed by atoms with Gasteiger partial charge in [0, 0.05) is 11.8 Å². The molecule has 0 radical (unpaired) electrons. The Kier molecular flexibility index (Phi) is 4.58. The van der Waals surface area contributed by atoms with Crippen LogP contribution in [-0.2, 0) is 0 Å². The van der Waals surface area contributed by atoms with Crippen LogP contribution in [-0.4, -0.2) is 15.7 Å². The molecule has 1 atom stereocenters. The Morgan fingerprint density at radius 2 is 1.70 bits per heavy atom. The fraction of sp³-hybridized carbons (Fsp3) is 0.0909. The van der Waals surface area contributed by atoms with Gasteiger partial charge in [-0.1, -0.05) is 48.5 Å². The van der Waals surface area contributed by atoms with E-state index in [1.165, 1.54) is 0 Å². The molecule has 27 heavy (non-hydrogen) atoms. The highest BCUT2D eigenvalue weighted by atomic mass is 16.3. The first-order valence-electron chi connectivity index (χ1n) is 8.77. The molecule has 5 nitrogen and oxygen atoms in total. The van der Waals surface area contributed by atoms with Crippen molar-refractivity contribution in [2.75, 3.05) is 0 Å². The van der Waals surface area contributed by atoms with Crippen LogP contribution in [0.25, 0.3) is 16.9 Å². The van der Waals surface area contributed by atoms with Gasteiger partial charge in [-0.15, -0.1) is 0 Å². The molecule has 1 amide bonds. The summed E-state index contributed by atoms with van der Waals surface area (Å²) in [5.74, 6) is 0.514. The van der Waals surface area contributed by atoms with E-state index < -0.39 is 0 Å². The second kappa shape index (κ2) is 7.33. The number of nitrogens with zero attached hydrogens (tertiary/aromatic N) is 2. The second-order valence-electron chi connectivity index (χ2n) is 6.25. The average molecular weight is 357 g/mol. The number of carbonyl (C=O) groups excluding carboxylic acids is 1. The van der Waals surface area contributed by atoms with Gasteiger partial charge in [-0.25, -0.2) is 4.68 Å². The Morgan fingerprint density at radius 1 is 1.00 bits per heavy atom. The fourth-order valence-corrected chi connectivity index (χ4v) is 2.95. The summed E-state index contributed by atoms with van der Waals surface area (Å²) in [6.45, 7) is 1.89. The number of furan rings is 1. The number of hydrogen-bond acceptors (Lipinski definition) is 3. The number of hydrogen-bond donors (Lipinski definition) is 1. The maximum atomic E-state index is 13.0. The van der Waals surface area contributed by atoms with E-state index >= 15 is 0 Å². The van der Waals surface area contributed by atoms with E-state index in [1.54, 1.807) is 23.2 Å². The Labute approximate surface area is 157 Å². The van der Waals surface area contributed by atoms with Crippen LogP contribution in [0, 0.1) is 0 Å². The molecular weight excluding hydrogens is 338 g/mol. The maximum absolute atomic E-state index is 13.0. The summed E-state index contributed by atoms with van der Waals surface area (Å²) in [5, 5.41) is 7.66. The van der Waals surface area contributed by atoms with E-state index in [1.807, 2.05) is 73.7 Å². The minimum atomic E-state index is -0.240. The Bertz CT molecular complexity index is 1020. The summed E-state index contributed by atoms with van der Waals surface area (Å²) in [5.41, 5.74) is 2.95. The van der Waals surface area contributed by atoms with Crippen LogP contribution in [0.3, 0.4) is 0 Å². The van der Waals surface area contributed by atoms with Gasteiger partial charge in [0.1, 0.15) is 11.5 Å². The molecule has 4 rings (SSSR count). The highest BCUT2D eigenvalue weighted by molar-refractivity contribution is 6.00. The third kappa shape index (κ3) is 3.53. The van der Waals surface area contributed by atoms with Crippen molar-refractivity contribution < 1.29 is 9.21 Å². The zero-order valence-electron chi connectivity index (χ0n) is 14.9. The standard InChI is InChI=1S/C22H19N3O2/c1-16(20-13-8-14-27-20)23-22(26)19-15-25(18-11-6-3-7-12-18)24-21(19)17-9-4-2-5-10-17/h2-16H,1H3,(H,23,26)/t16-/m1/s1. The fourth-order valence-electron chi connectivity index (χ4n) is 2.95. The monoisotopic (exact) mass is 357 g/mol. The predicted molar refractivity (Wildman–Crippen MR) is 104 cm³/mol. The molecule has 0 saturated heterocycles. The van der Waals surface area contributed by atoms with Gasteiger partial charge in [0.05, 0.1) is 23.6 Å². The van der Waals surface area contributed by atoms with Crippen LogP contribution < -0.4 is 5.32 Å². The van der Waals surface area contributed by atoms with Crippen molar-refractivity contribution >= 4 is 5.91 Å². The number of nitrogens with one attached hydrogen (secondary N) is 1. The Hall–Kier alpha value is -3.60. The van der Waals surface area contributed by atoms with E-state index in [4.69, 9.17) is 4.42 Å². The van der Waals surface area contributed by atoms with Gasteiger partial charge in [-0.05, 0) is 31.2 Å². The second-order valence-corrected chi connectivity index (χ2v) is 6.25. The van der Waals surface area contributed by atoms with Crippen molar-refractivity contribution in [3.05, 3.63) is 96.6 Å². The lowest BCUT2D eigenvalue weighted by atomic mass is 10.1. The molecule has 4 aromatic rings. The number of rotatable bonds is 5. The zero-order valence-corrected chi connectivity index (χ0v) is 14.9. The first kappa shape index (κ1) is 16.8. The summed E-state index contributed by atoms with van der Waals surface area (Å²) in [4.78, 5) is 13.0. The summed E-state index contributed by atoms with van der Waals surface area (Å²) >= 11 is 0. The quantitative estimate of drug-likeness (QED) is 0.567. The van der Waals surface area contributed by atoms with Crippen LogP contribution in [0.1, 0.15) is 29.1 Å². The van der Waals surface area contributed by atoms with Crippen LogP contribution in [0.15, 0.2) is 89.7 Å². The van der Waals surface area contributed by atoms with Gasteiger partial charge in [-0.3, -0.25) is 4.79 Å². The molecule has 0 fully saturated rings. The maximum Gasteiger partial charge on any atom is 0.255 e. The lowest BCUT2D eigenvalue weighted by Crippen LogP contribution is -2.26. The minimum Gasteiger partial charge on any atom is -0.467 e. The van der Waals surface area contributed by atoms with E-state index in [0.29, 0.717) is 17.0 Å². The van der Waals surface area contributed by atoms with E-state index in [2.05, 4.69) is 10.4 Å². The van der Waals surface area contributed by atoms with Gasteiger partial charge in [-0.2, -0.15) is 5.10 Å². The molecule has 0 aliphatic rings. The van der Waals surface area contributed by atoms with E-state index in [0.717, 1.165) is 11.3 Å². The van der Waals surface area contributed by atoms with Crippen LogP contribution in [0.4, 0.5) is 0 Å². The summed E-state index contributed by atoms with van der Waals surface area (Å²) in [7, 11) is 0. The predicted octanol–water partition coefficient (Wildman–Crippen LogP) is 4.62. The Balaban J connectivity index is 1.72. The molecule has 1 N–H and O–H groups in total. The smallest absolute Gasteiger partial charge is 0.255 e. The molecule has 0 unspecified atom stereocenters. The Morgan fingerprint density at radius 3 is 2.37 bits per heavy atom. The molecule has 0 aliphatic carbocycles. The molecule has 2 heterocycles. The molecular formula is C22H19N3O2. The van der Waals surface area contributed by atoms with Crippen LogP contribution in [0.5, 0.6) is 0 Å². The minimum absolute atomic E-state index is 0.195. The summed E-state index contributed by atoms with van der Waals surface area (Å²) in [6.07, 6.45) is 3.36. The zero-order chi connectivity index (χ0) is 18.6. The van der Waals surface area contributed by atoms with Gasteiger partial charge in [0.2, 0.25) is 0 Å². The molecule has 0 spiro atoms. The molecule has 0 aliphatic heterocycles. The van der Waals surface area contributed by atoms with Gasteiger partial charge in [0.25, 0.3) is 5.91 Å². The molecule has 2 aromatic carbocycles. The van der Waals surface area contributed by atoms with E-state index in [9.17, 15) is 4.79 Å². The number of para-hydroxylation sites is 1. The first-order valence-corrected chi connectivity index (χ1v) is 8.77. The van der Waals surface area contributed by atoms with Gasteiger partial charge in [0.15, 0.2) is 0 Å². The lowest BCUT2D eigenvalue weighted by molar-refractivity contribution is 0.0936. The SMILES string of the molecule is C[C@@H](NC(=O)c1cn(-c2ccccc2)nc1-c1ccccc1)c1ccco1. The molecule has 2 aromatic heterocycles. The largest absolute Gasteiger partial charge is 0.467 e. The van der Waals surface area contributed by atoms with Gasteiger partial charge >= 0.3 is 0 Å². The van der Waals surface area contributed by atoms with Crippen molar-refractivity contribution in [2.45, 2.75) is 13.0 Å². The first-order chi connectivity index (χ1) is 13.2. The highest BCUT2D eigenvalue weighted by Crippen LogP contribution is 2.24. The summed E-state index contributed by atoms with van der Waals surface area (Å²) in [6, 6.07) is 22.9. The van der Waals surface area contributed by atoms with Crippen LogP contribution in [0.2, 0.25) is 0 Å². The van der Waals surface area contributed by atoms with Crippen molar-refractivity contribution in [1.82, 2.24) is 15.1 Å². The number of carbonyl (C=O) groups is 1. The van der Waals surface area contributed by atoms with Crippen molar-refractivity contribution in [3.8, 4) is 16.9 Å². The molecule has 0 saturated carbocycles. The van der Waals surface area contributed by atoms with Crippen molar-refractivity contribution in [3.63, 3.8) is 0 Å². The molecule has 134 valence electrons. The van der Waals surface area contributed by atoms with Crippen molar-refractivity contribution in [1.29, 1.82) is 0 Å². The van der Waals surface area contributed by atoms with Crippen molar-refractivity contribution in [2.24, 2.45) is 0 Å². The molecule has 5 heteroatoms. The average Bonchev–Trinajstić information content (AvgIpc) is 3.40. The third-order valence-electron chi connectivity index (χ3n) is 4.34. The van der Waals surface area contributed by atoms with E-state index in [-0.39, 0.29) is 11.9 Å². The number of aromatic nitrogens is 2. The number of benzene rings is 2. The lowest BCUT2D eigenvalue weighted by Gasteiger charge is -2.11. The van der Waals surface area contributed by atoms with Gasteiger partial charge < -0.3 is 9.73 Å². The topological polar surface area (TPSA) is 60.1 Å². The van der Waals surface area contributed by atoms with Crippen LogP contribution >= 0.6 is 0 Å². The highest BCUT2D eigenvalue weighted by Gasteiger charge is 2.21. The summed E-state index contributed by atoms with van der Waals surface area (Å²) < 4.78 is 7.12. The molecule has 0 bridgehead atoms. The third-order valence-corrected chi connectivity index (χ3v) is 4.34.